The van der Waals surface area contributed by atoms with Gasteiger partial charge in [0.2, 0.25) is 0 Å². The number of nitrogens with zero attached hydrogens (tertiary/aromatic N) is 1. The van der Waals surface area contributed by atoms with Crippen LogP contribution in [0, 0.1) is 0 Å². The van der Waals surface area contributed by atoms with E-state index in [0.717, 1.165) is 0 Å². The lowest BCUT2D eigenvalue weighted by atomic mass is 10.2. The normalized spacial score (nSPS) is 25.6. The second-order valence-electron chi connectivity index (χ2n) is 4.67. The fraction of sp³-hybridized carbons (Fsp3) is 0.800. The average Bonchev–Trinajstić information content (AvgIpc) is 2.43. The maximum Gasteiger partial charge on any atom is 0.411 e. The number of carboxylic acid groups (broad SMARTS) is 1. The highest BCUT2D eigenvalue weighted by Gasteiger charge is 2.41. The third-order valence-electron chi connectivity index (χ3n) is 2.11. The lowest BCUT2D eigenvalue weighted by Crippen LogP contribution is -2.46. The molecule has 0 aliphatic carbocycles. The number of carbonyl (C=O) groups excluding carboxylic acids is 1. The number of hydrogen-bond donors (Lipinski definition) is 1. The van der Waals surface area contributed by atoms with Crippen molar-refractivity contribution in [1.82, 2.24) is 4.90 Å². The van der Waals surface area contributed by atoms with Crippen molar-refractivity contribution in [2.45, 2.75) is 44.7 Å². The Hall–Kier alpha value is -0.910. The molecule has 0 aromatic heterocycles. The van der Waals surface area contributed by atoms with Crippen LogP contribution in [0.5, 0.6) is 0 Å². The molecule has 1 rings (SSSR count). The Balaban J connectivity index is 2.76. The van der Waals surface area contributed by atoms with Crippen molar-refractivity contribution in [1.29, 1.82) is 0 Å². The topological polar surface area (TPSA) is 66.8 Å². The van der Waals surface area contributed by atoms with E-state index >= 15 is 0 Å². The highest BCUT2D eigenvalue weighted by atomic mass is 32.2. The van der Waals surface area contributed by atoms with Gasteiger partial charge in [-0.25, -0.2) is 9.59 Å². The lowest BCUT2D eigenvalue weighted by molar-refractivity contribution is -0.142. The van der Waals surface area contributed by atoms with E-state index in [1.54, 1.807) is 27.7 Å². The Kier molecular flexibility index (Phi) is 3.72. The van der Waals surface area contributed by atoms with Crippen molar-refractivity contribution in [2.24, 2.45) is 0 Å². The summed E-state index contributed by atoms with van der Waals surface area (Å²) in [6.45, 7) is 7.08. The molecule has 16 heavy (non-hydrogen) atoms. The molecule has 0 radical (unpaired) electrons. The van der Waals surface area contributed by atoms with Gasteiger partial charge in [0.1, 0.15) is 11.6 Å². The van der Waals surface area contributed by atoms with Crippen LogP contribution in [0.15, 0.2) is 0 Å². The Morgan fingerprint density at radius 1 is 1.44 bits per heavy atom. The third kappa shape index (κ3) is 3.04. The number of amides is 1. The summed E-state index contributed by atoms with van der Waals surface area (Å²) in [6.07, 6.45) is -0.558. The van der Waals surface area contributed by atoms with Gasteiger partial charge in [0.25, 0.3) is 0 Å². The minimum Gasteiger partial charge on any atom is -0.480 e. The van der Waals surface area contributed by atoms with Gasteiger partial charge in [-0.05, 0) is 27.7 Å². The molecule has 1 N–H and O–H groups in total. The molecule has 6 heteroatoms. The minimum atomic E-state index is -0.984. The number of thioether (sulfide) groups is 1. The third-order valence-corrected chi connectivity index (χ3v) is 3.33. The molecule has 1 saturated heterocycles. The summed E-state index contributed by atoms with van der Waals surface area (Å²) >= 11 is 1.44. The molecule has 0 bridgehead atoms. The molecule has 1 fully saturated rings. The molecule has 0 unspecified atom stereocenters. The van der Waals surface area contributed by atoms with Crippen LogP contribution < -0.4 is 0 Å². The molecule has 5 nitrogen and oxygen atoms in total. The summed E-state index contributed by atoms with van der Waals surface area (Å²) in [7, 11) is 0. The highest BCUT2D eigenvalue weighted by molar-refractivity contribution is 8.00. The molecular weight excluding hydrogens is 230 g/mol. The molecule has 2 atom stereocenters. The van der Waals surface area contributed by atoms with E-state index in [1.165, 1.54) is 16.7 Å². The first kappa shape index (κ1) is 13.2. The van der Waals surface area contributed by atoms with Crippen LogP contribution in [-0.2, 0) is 9.53 Å². The molecule has 1 aliphatic heterocycles. The fourth-order valence-corrected chi connectivity index (χ4v) is 2.58. The van der Waals surface area contributed by atoms with Crippen molar-refractivity contribution in [2.75, 3.05) is 5.75 Å². The predicted octanol–water partition coefficient (Wildman–Crippen LogP) is 1.77. The number of rotatable bonds is 1. The zero-order valence-electron chi connectivity index (χ0n) is 9.89. The maximum absolute atomic E-state index is 11.8. The van der Waals surface area contributed by atoms with Crippen LogP contribution in [0.4, 0.5) is 4.79 Å². The summed E-state index contributed by atoms with van der Waals surface area (Å²) in [5.74, 6) is -0.571. The summed E-state index contributed by atoms with van der Waals surface area (Å²) < 4.78 is 5.18. The van der Waals surface area contributed by atoms with Crippen LogP contribution in [0.1, 0.15) is 27.7 Å². The van der Waals surface area contributed by atoms with Crippen LogP contribution in [0.25, 0.3) is 0 Å². The van der Waals surface area contributed by atoms with Crippen LogP contribution in [0.2, 0.25) is 0 Å². The Bertz CT molecular complexity index is 300. The first-order chi connectivity index (χ1) is 7.22. The molecule has 0 aromatic rings. The van der Waals surface area contributed by atoms with Crippen LogP contribution in [0.3, 0.4) is 0 Å². The SMILES string of the molecule is C[C@H]1SC[C@H](C(=O)O)N1C(=O)OC(C)(C)C. The number of aliphatic carboxylic acids is 1. The maximum atomic E-state index is 11.8. The standard InChI is InChI=1S/C10H17NO4S/c1-6-11(7(5-16-6)8(12)13)9(14)15-10(2,3)4/h6-7H,5H2,1-4H3,(H,12,13)/t6-,7-/m1/s1. The lowest BCUT2D eigenvalue weighted by Gasteiger charge is -2.28. The zero-order valence-corrected chi connectivity index (χ0v) is 10.7. The first-order valence-electron chi connectivity index (χ1n) is 5.08. The Labute approximate surface area is 99.1 Å². The minimum absolute atomic E-state index is 0.157. The van der Waals surface area contributed by atoms with Gasteiger partial charge in [-0.1, -0.05) is 0 Å². The number of carbonyl (C=O) groups is 2. The zero-order chi connectivity index (χ0) is 12.5. The molecule has 1 amide bonds. The second kappa shape index (κ2) is 4.53. The Morgan fingerprint density at radius 3 is 2.44 bits per heavy atom. The van der Waals surface area contributed by atoms with Gasteiger partial charge < -0.3 is 9.84 Å². The number of ether oxygens (including phenoxy) is 1. The van der Waals surface area contributed by atoms with Gasteiger partial charge >= 0.3 is 12.1 Å². The summed E-state index contributed by atoms with van der Waals surface area (Å²) in [4.78, 5) is 24.1. The molecule has 0 saturated carbocycles. The van der Waals surface area contributed by atoms with E-state index in [9.17, 15) is 9.59 Å². The van der Waals surface area contributed by atoms with Gasteiger partial charge in [-0.2, -0.15) is 0 Å². The van der Waals surface area contributed by atoms with E-state index in [0.29, 0.717) is 5.75 Å². The van der Waals surface area contributed by atoms with E-state index < -0.39 is 23.7 Å². The van der Waals surface area contributed by atoms with Crippen LogP contribution >= 0.6 is 11.8 Å². The van der Waals surface area contributed by atoms with Crippen molar-refractivity contribution in [3.05, 3.63) is 0 Å². The van der Waals surface area contributed by atoms with Crippen molar-refractivity contribution in [3.63, 3.8) is 0 Å². The molecule has 0 spiro atoms. The van der Waals surface area contributed by atoms with Crippen molar-refractivity contribution in [3.8, 4) is 0 Å². The molecule has 1 heterocycles. The second-order valence-corrected chi connectivity index (χ2v) is 6.02. The Morgan fingerprint density at radius 2 is 2.00 bits per heavy atom. The van der Waals surface area contributed by atoms with Gasteiger partial charge in [-0.3, -0.25) is 4.90 Å². The van der Waals surface area contributed by atoms with Gasteiger partial charge in [0.05, 0.1) is 5.37 Å². The van der Waals surface area contributed by atoms with E-state index in [1.807, 2.05) is 0 Å². The summed E-state index contributed by atoms with van der Waals surface area (Å²) in [5, 5.41) is 8.83. The average molecular weight is 247 g/mol. The highest BCUT2D eigenvalue weighted by Crippen LogP contribution is 2.30. The van der Waals surface area contributed by atoms with E-state index in [2.05, 4.69) is 0 Å². The summed E-state index contributed by atoms with van der Waals surface area (Å²) in [6, 6.07) is -0.783. The molecule has 1 aliphatic rings. The van der Waals surface area contributed by atoms with Gasteiger partial charge in [-0.15, -0.1) is 11.8 Å². The van der Waals surface area contributed by atoms with Gasteiger partial charge in [0, 0.05) is 5.75 Å². The van der Waals surface area contributed by atoms with E-state index in [-0.39, 0.29) is 5.37 Å². The molecule has 0 aromatic carbocycles. The number of carboxylic acids is 1. The largest absolute Gasteiger partial charge is 0.480 e. The quantitative estimate of drug-likeness (QED) is 0.765. The van der Waals surface area contributed by atoms with Gasteiger partial charge in [0.15, 0.2) is 0 Å². The number of hydrogen-bond acceptors (Lipinski definition) is 4. The van der Waals surface area contributed by atoms with Crippen molar-refractivity contribution >= 4 is 23.8 Å². The predicted molar refractivity (Wildman–Crippen MR) is 61.4 cm³/mol. The van der Waals surface area contributed by atoms with E-state index in [4.69, 9.17) is 9.84 Å². The smallest absolute Gasteiger partial charge is 0.411 e. The van der Waals surface area contributed by atoms with Crippen molar-refractivity contribution < 1.29 is 19.4 Å². The molecule has 92 valence electrons. The monoisotopic (exact) mass is 247 g/mol. The molecular formula is C10H17NO4S. The first-order valence-corrected chi connectivity index (χ1v) is 6.13. The fourth-order valence-electron chi connectivity index (χ4n) is 1.43. The summed E-state index contributed by atoms with van der Waals surface area (Å²) in [5.41, 5.74) is -0.604. The van der Waals surface area contributed by atoms with Crippen LogP contribution in [-0.4, -0.2) is 44.8 Å².